The number of hydrogen-bond donors (Lipinski definition) is 1. The summed E-state index contributed by atoms with van der Waals surface area (Å²) >= 11 is 0. The Morgan fingerprint density at radius 2 is 1.93 bits per heavy atom. The molecule has 4 rings (SSSR count). The number of carbonyl (C=O) groups is 1. The van der Waals surface area contributed by atoms with Gasteiger partial charge in [-0.2, -0.15) is 0 Å². The van der Waals surface area contributed by atoms with Gasteiger partial charge in [0.1, 0.15) is 0 Å². The molecule has 0 saturated heterocycles. The van der Waals surface area contributed by atoms with Crippen molar-refractivity contribution in [2.45, 2.75) is 6.54 Å². The Kier molecular flexibility index (Phi) is 4.74. The van der Waals surface area contributed by atoms with Crippen molar-refractivity contribution in [2.24, 2.45) is 0 Å². The van der Waals surface area contributed by atoms with Crippen molar-refractivity contribution >= 4 is 16.9 Å². The lowest BCUT2D eigenvalue weighted by Crippen LogP contribution is -2.23. The quantitative estimate of drug-likeness (QED) is 0.535. The molecular formula is C21H16N4O4. The highest BCUT2D eigenvalue weighted by atomic mass is 16.5. The third kappa shape index (κ3) is 3.31. The van der Waals surface area contributed by atoms with Gasteiger partial charge in [0.05, 0.1) is 42.8 Å². The number of methoxy groups -OCH3 is 1. The first kappa shape index (κ1) is 18.3. The maximum absolute atomic E-state index is 13.3. The topological polar surface area (TPSA) is 107 Å². The van der Waals surface area contributed by atoms with Gasteiger partial charge >= 0.3 is 5.97 Å². The van der Waals surface area contributed by atoms with Crippen molar-refractivity contribution in [2.75, 3.05) is 7.11 Å². The van der Waals surface area contributed by atoms with Crippen LogP contribution in [0.1, 0.15) is 16.1 Å². The van der Waals surface area contributed by atoms with E-state index in [0.29, 0.717) is 11.2 Å². The van der Waals surface area contributed by atoms with E-state index in [9.17, 15) is 14.7 Å². The molecule has 0 aliphatic rings. The lowest BCUT2D eigenvalue weighted by molar-refractivity contribution is 0.0591. The third-order valence-corrected chi connectivity index (χ3v) is 4.53. The van der Waals surface area contributed by atoms with Crippen LogP contribution in [0.25, 0.3) is 22.2 Å². The summed E-state index contributed by atoms with van der Waals surface area (Å²) in [6, 6.07) is 10.9. The Hall–Kier alpha value is -4.07. The minimum absolute atomic E-state index is 0.227. The van der Waals surface area contributed by atoms with Crippen molar-refractivity contribution in [3.8, 4) is 17.0 Å². The van der Waals surface area contributed by atoms with Crippen LogP contribution in [0, 0.1) is 0 Å². The lowest BCUT2D eigenvalue weighted by atomic mass is 10.1. The lowest BCUT2D eigenvalue weighted by Gasteiger charge is -2.14. The number of fused-ring (bicyclic) bond motifs is 1. The molecule has 0 bridgehead atoms. The number of pyridine rings is 2. The fourth-order valence-corrected chi connectivity index (χ4v) is 3.11. The van der Waals surface area contributed by atoms with Crippen molar-refractivity contribution in [1.82, 2.24) is 19.5 Å². The van der Waals surface area contributed by atoms with Crippen molar-refractivity contribution in [3.63, 3.8) is 0 Å². The van der Waals surface area contributed by atoms with Gasteiger partial charge in [-0.1, -0.05) is 30.3 Å². The molecule has 0 radical (unpaired) electrons. The SMILES string of the molecule is COC(=O)c1ncc2c(cc(-c3cnccn3)c(=O)n2Cc2ccccc2)c1O. The molecule has 3 heterocycles. The Morgan fingerprint density at radius 3 is 2.62 bits per heavy atom. The average Bonchev–Trinajstić information content (AvgIpc) is 2.76. The molecule has 0 spiro atoms. The van der Waals surface area contributed by atoms with Gasteiger partial charge in [0, 0.05) is 17.8 Å². The predicted molar refractivity (Wildman–Crippen MR) is 106 cm³/mol. The molecule has 4 aromatic rings. The summed E-state index contributed by atoms with van der Waals surface area (Å²) in [5.41, 5.74) is 1.35. The molecule has 29 heavy (non-hydrogen) atoms. The number of aromatic nitrogens is 4. The van der Waals surface area contributed by atoms with E-state index < -0.39 is 5.97 Å². The average molecular weight is 388 g/mol. The van der Waals surface area contributed by atoms with Gasteiger partial charge in [-0.25, -0.2) is 9.78 Å². The number of aromatic hydroxyl groups is 1. The number of ether oxygens (including phenoxy) is 1. The smallest absolute Gasteiger partial charge is 0.360 e. The maximum atomic E-state index is 13.3. The van der Waals surface area contributed by atoms with Gasteiger partial charge in [0.2, 0.25) is 0 Å². The second kappa shape index (κ2) is 7.51. The molecule has 8 heteroatoms. The van der Waals surface area contributed by atoms with E-state index in [-0.39, 0.29) is 34.5 Å². The third-order valence-electron chi connectivity index (χ3n) is 4.53. The molecule has 0 amide bonds. The second-order valence-corrected chi connectivity index (χ2v) is 6.27. The molecule has 0 unspecified atom stereocenters. The molecule has 144 valence electrons. The number of benzene rings is 1. The first-order valence-corrected chi connectivity index (χ1v) is 8.74. The predicted octanol–water partition coefficient (Wildman–Crippen LogP) is 2.39. The van der Waals surface area contributed by atoms with E-state index in [0.717, 1.165) is 5.56 Å². The van der Waals surface area contributed by atoms with Gasteiger partial charge in [0.15, 0.2) is 11.4 Å². The Bertz CT molecular complexity index is 1250. The zero-order valence-corrected chi connectivity index (χ0v) is 15.4. The van der Waals surface area contributed by atoms with Crippen molar-refractivity contribution < 1.29 is 14.6 Å². The fourth-order valence-electron chi connectivity index (χ4n) is 3.11. The minimum Gasteiger partial charge on any atom is -0.505 e. The summed E-state index contributed by atoms with van der Waals surface area (Å²) in [5.74, 6) is -1.13. The highest BCUT2D eigenvalue weighted by Gasteiger charge is 2.21. The van der Waals surface area contributed by atoms with Gasteiger partial charge in [-0.05, 0) is 11.6 Å². The van der Waals surface area contributed by atoms with Gasteiger partial charge in [0.25, 0.3) is 5.56 Å². The number of esters is 1. The maximum Gasteiger partial charge on any atom is 0.360 e. The molecule has 0 atom stereocenters. The highest BCUT2D eigenvalue weighted by molar-refractivity contribution is 5.98. The number of hydrogen-bond acceptors (Lipinski definition) is 7. The molecule has 1 aromatic carbocycles. The van der Waals surface area contributed by atoms with Crippen LogP contribution >= 0.6 is 0 Å². The monoisotopic (exact) mass is 388 g/mol. The molecule has 0 aliphatic carbocycles. The zero-order chi connectivity index (χ0) is 20.4. The second-order valence-electron chi connectivity index (χ2n) is 6.27. The van der Waals surface area contributed by atoms with Crippen LogP contribution in [-0.2, 0) is 11.3 Å². The van der Waals surface area contributed by atoms with Crippen LogP contribution in [0.5, 0.6) is 5.75 Å². The standard InChI is InChI=1S/C21H16N4O4/c1-29-21(28)18-19(26)15-9-14(16-10-22-7-8-23-16)20(27)25(17(15)11-24-18)12-13-5-3-2-4-6-13/h2-11,26H,12H2,1H3. The number of rotatable bonds is 4. The molecular weight excluding hydrogens is 372 g/mol. The van der Waals surface area contributed by atoms with E-state index >= 15 is 0 Å². The van der Waals surface area contributed by atoms with Crippen LogP contribution < -0.4 is 5.56 Å². The molecule has 0 fully saturated rings. The van der Waals surface area contributed by atoms with Crippen LogP contribution in [0.2, 0.25) is 0 Å². The number of carbonyl (C=O) groups excluding carboxylic acids is 1. The normalized spacial score (nSPS) is 10.8. The molecule has 1 N–H and O–H groups in total. The van der Waals surface area contributed by atoms with Crippen LogP contribution in [-0.4, -0.2) is 37.7 Å². The summed E-state index contributed by atoms with van der Waals surface area (Å²) in [5, 5.41) is 11.0. The summed E-state index contributed by atoms with van der Waals surface area (Å²) in [4.78, 5) is 37.4. The molecule has 0 aliphatic heterocycles. The Labute approximate surface area is 165 Å². The van der Waals surface area contributed by atoms with Gasteiger partial charge in [-0.3, -0.25) is 14.8 Å². The first-order valence-electron chi connectivity index (χ1n) is 8.74. The first-order chi connectivity index (χ1) is 14.1. The zero-order valence-electron chi connectivity index (χ0n) is 15.4. The van der Waals surface area contributed by atoms with E-state index in [1.165, 1.54) is 42.5 Å². The molecule has 3 aromatic heterocycles. The van der Waals surface area contributed by atoms with E-state index in [2.05, 4.69) is 19.7 Å². The Balaban J connectivity index is 2.03. The summed E-state index contributed by atoms with van der Waals surface area (Å²) in [6.45, 7) is 0.253. The van der Waals surface area contributed by atoms with Gasteiger partial charge < -0.3 is 14.4 Å². The highest BCUT2D eigenvalue weighted by Crippen LogP contribution is 2.29. The van der Waals surface area contributed by atoms with Crippen LogP contribution in [0.3, 0.4) is 0 Å². The number of nitrogens with zero attached hydrogens (tertiary/aromatic N) is 4. The molecule has 0 saturated carbocycles. The van der Waals surface area contributed by atoms with E-state index in [1.54, 1.807) is 0 Å². The summed E-state index contributed by atoms with van der Waals surface area (Å²) < 4.78 is 6.17. The Morgan fingerprint density at radius 1 is 1.14 bits per heavy atom. The largest absolute Gasteiger partial charge is 0.505 e. The van der Waals surface area contributed by atoms with E-state index in [1.807, 2.05) is 30.3 Å². The van der Waals surface area contributed by atoms with Crippen LogP contribution in [0.15, 0.2) is 66.0 Å². The summed E-state index contributed by atoms with van der Waals surface area (Å²) in [6.07, 6.45) is 5.83. The minimum atomic E-state index is -0.772. The van der Waals surface area contributed by atoms with Crippen LogP contribution in [0.4, 0.5) is 0 Å². The molecule has 8 nitrogen and oxygen atoms in total. The van der Waals surface area contributed by atoms with Crippen molar-refractivity contribution in [1.29, 1.82) is 0 Å². The summed E-state index contributed by atoms with van der Waals surface area (Å²) in [7, 11) is 1.20. The van der Waals surface area contributed by atoms with Crippen molar-refractivity contribution in [3.05, 3.63) is 82.8 Å². The van der Waals surface area contributed by atoms with E-state index in [4.69, 9.17) is 0 Å². The van der Waals surface area contributed by atoms with Gasteiger partial charge in [-0.15, -0.1) is 0 Å². The fraction of sp³-hybridized carbons (Fsp3) is 0.0952.